The first-order valence-electron chi connectivity index (χ1n) is 7.17. The van der Waals surface area contributed by atoms with E-state index < -0.39 is 0 Å². The Balaban J connectivity index is 2.34. The van der Waals surface area contributed by atoms with E-state index in [2.05, 4.69) is 16.9 Å². The summed E-state index contributed by atoms with van der Waals surface area (Å²) in [5, 5.41) is 4.48. The molecule has 1 aromatic heterocycles. The molecule has 19 heavy (non-hydrogen) atoms. The normalized spacial score (nSPS) is 16.9. The molecule has 1 aromatic rings. The van der Waals surface area contributed by atoms with Gasteiger partial charge < -0.3 is 10.5 Å². The number of aromatic nitrogens is 2. The molecule has 0 amide bonds. The highest BCUT2D eigenvalue weighted by Gasteiger charge is 2.36. The van der Waals surface area contributed by atoms with E-state index in [-0.39, 0.29) is 6.04 Å². The highest BCUT2D eigenvalue weighted by molar-refractivity contribution is 5.35. The van der Waals surface area contributed by atoms with Gasteiger partial charge >= 0.3 is 0 Å². The van der Waals surface area contributed by atoms with Crippen molar-refractivity contribution in [1.82, 2.24) is 14.7 Å². The molecule has 0 aromatic carbocycles. The largest absolute Gasteiger partial charge is 0.481 e. The van der Waals surface area contributed by atoms with E-state index in [1.54, 1.807) is 7.11 Å². The van der Waals surface area contributed by atoms with Crippen LogP contribution in [0.1, 0.15) is 43.5 Å². The van der Waals surface area contributed by atoms with Gasteiger partial charge in [-0.15, -0.1) is 0 Å². The van der Waals surface area contributed by atoms with Crippen molar-refractivity contribution >= 4 is 0 Å². The van der Waals surface area contributed by atoms with Gasteiger partial charge in [0.25, 0.3) is 0 Å². The van der Waals surface area contributed by atoms with Gasteiger partial charge in [0.05, 0.1) is 24.4 Å². The third kappa shape index (κ3) is 2.77. The van der Waals surface area contributed by atoms with Gasteiger partial charge in [-0.25, -0.2) is 4.68 Å². The lowest BCUT2D eigenvalue weighted by atomic mass is 10.1. The zero-order valence-corrected chi connectivity index (χ0v) is 12.5. The molecular formula is C14H26N4O. The van der Waals surface area contributed by atoms with Gasteiger partial charge in [-0.2, -0.15) is 5.10 Å². The fourth-order valence-corrected chi connectivity index (χ4v) is 2.96. The molecule has 1 fully saturated rings. The Labute approximate surface area is 115 Å². The first-order chi connectivity index (χ1) is 9.13. The summed E-state index contributed by atoms with van der Waals surface area (Å²) in [5.74, 6) is 0.842. The molecule has 1 saturated carbocycles. The van der Waals surface area contributed by atoms with Crippen LogP contribution in [0.25, 0.3) is 0 Å². The van der Waals surface area contributed by atoms with Crippen LogP contribution in [0.3, 0.4) is 0 Å². The number of aryl methyl sites for hydroxylation is 2. The molecule has 0 saturated heterocycles. The van der Waals surface area contributed by atoms with Crippen LogP contribution in [-0.4, -0.2) is 40.9 Å². The minimum absolute atomic E-state index is 0.219. The Bertz CT molecular complexity index is 425. The van der Waals surface area contributed by atoms with Gasteiger partial charge in [0, 0.05) is 19.6 Å². The molecule has 108 valence electrons. The molecule has 0 spiro atoms. The van der Waals surface area contributed by atoms with Gasteiger partial charge in [-0.1, -0.05) is 6.92 Å². The molecule has 1 aliphatic carbocycles. The van der Waals surface area contributed by atoms with Gasteiger partial charge in [0.1, 0.15) is 0 Å². The number of rotatable bonds is 7. The standard InChI is InChI=1S/C14H26N4O/c1-5-8-18(11-6-7-11)12(9-15)13-10(2)16-17(3)14(13)19-4/h11-12H,5-9,15H2,1-4H3. The van der Waals surface area contributed by atoms with Crippen molar-refractivity contribution < 1.29 is 4.74 Å². The molecule has 0 radical (unpaired) electrons. The fraction of sp³-hybridized carbons (Fsp3) is 0.786. The zero-order valence-electron chi connectivity index (χ0n) is 12.5. The van der Waals surface area contributed by atoms with Crippen molar-refractivity contribution in [3.63, 3.8) is 0 Å². The average molecular weight is 266 g/mol. The van der Waals surface area contributed by atoms with Crippen LogP contribution in [0.5, 0.6) is 5.88 Å². The first-order valence-corrected chi connectivity index (χ1v) is 7.17. The molecule has 0 bridgehead atoms. The summed E-state index contributed by atoms with van der Waals surface area (Å²) in [6.07, 6.45) is 3.73. The van der Waals surface area contributed by atoms with Crippen molar-refractivity contribution in [2.24, 2.45) is 12.8 Å². The molecule has 2 rings (SSSR count). The predicted octanol–water partition coefficient (Wildman–Crippen LogP) is 1.61. The number of ether oxygens (including phenoxy) is 1. The lowest BCUT2D eigenvalue weighted by Gasteiger charge is -2.31. The molecule has 5 heteroatoms. The van der Waals surface area contributed by atoms with Crippen LogP contribution < -0.4 is 10.5 Å². The van der Waals surface area contributed by atoms with E-state index >= 15 is 0 Å². The van der Waals surface area contributed by atoms with Crippen molar-refractivity contribution in [3.8, 4) is 5.88 Å². The summed E-state index contributed by atoms with van der Waals surface area (Å²) in [6.45, 7) is 5.96. The second kappa shape index (κ2) is 5.92. The van der Waals surface area contributed by atoms with Crippen LogP contribution >= 0.6 is 0 Å². The van der Waals surface area contributed by atoms with Gasteiger partial charge in [0.15, 0.2) is 0 Å². The quantitative estimate of drug-likeness (QED) is 0.814. The van der Waals surface area contributed by atoms with E-state index in [0.717, 1.165) is 30.1 Å². The third-order valence-electron chi connectivity index (χ3n) is 3.86. The topological polar surface area (TPSA) is 56.3 Å². The Morgan fingerprint density at radius 1 is 1.53 bits per heavy atom. The van der Waals surface area contributed by atoms with Crippen LogP contribution in [0.15, 0.2) is 0 Å². The maximum absolute atomic E-state index is 6.07. The Morgan fingerprint density at radius 2 is 2.21 bits per heavy atom. The third-order valence-corrected chi connectivity index (χ3v) is 3.86. The second-order valence-electron chi connectivity index (χ2n) is 5.35. The fourth-order valence-electron chi connectivity index (χ4n) is 2.96. The number of nitrogens with zero attached hydrogens (tertiary/aromatic N) is 3. The van der Waals surface area contributed by atoms with E-state index in [0.29, 0.717) is 12.6 Å². The van der Waals surface area contributed by atoms with E-state index in [1.807, 2.05) is 18.7 Å². The Kier molecular flexibility index (Phi) is 4.47. The van der Waals surface area contributed by atoms with Gasteiger partial charge in [-0.3, -0.25) is 4.90 Å². The molecule has 1 aliphatic rings. The van der Waals surface area contributed by atoms with Crippen LogP contribution in [0.2, 0.25) is 0 Å². The zero-order chi connectivity index (χ0) is 14.0. The van der Waals surface area contributed by atoms with Crippen molar-refractivity contribution in [1.29, 1.82) is 0 Å². The summed E-state index contributed by atoms with van der Waals surface area (Å²) in [6, 6.07) is 0.911. The Hall–Kier alpha value is -1.07. The lowest BCUT2D eigenvalue weighted by molar-refractivity contribution is 0.187. The molecule has 2 N–H and O–H groups in total. The number of nitrogens with two attached hydrogens (primary N) is 1. The van der Waals surface area contributed by atoms with Crippen molar-refractivity contribution in [2.75, 3.05) is 20.2 Å². The summed E-state index contributed by atoms with van der Waals surface area (Å²) in [4.78, 5) is 2.53. The first kappa shape index (κ1) is 14.3. The van der Waals surface area contributed by atoms with Crippen LogP contribution in [0, 0.1) is 6.92 Å². The van der Waals surface area contributed by atoms with Crippen LogP contribution in [0.4, 0.5) is 0 Å². The van der Waals surface area contributed by atoms with Crippen LogP contribution in [-0.2, 0) is 7.05 Å². The van der Waals surface area contributed by atoms with Gasteiger partial charge in [0.2, 0.25) is 5.88 Å². The molecular weight excluding hydrogens is 240 g/mol. The molecule has 1 unspecified atom stereocenters. The number of hydrogen-bond acceptors (Lipinski definition) is 4. The Morgan fingerprint density at radius 3 is 2.68 bits per heavy atom. The minimum Gasteiger partial charge on any atom is -0.481 e. The number of hydrogen-bond donors (Lipinski definition) is 1. The van der Waals surface area contributed by atoms with Gasteiger partial charge in [-0.05, 0) is 32.7 Å². The molecule has 1 atom stereocenters. The van der Waals surface area contributed by atoms with E-state index in [9.17, 15) is 0 Å². The van der Waals surface area contributed by atoms with E-state index in [1.165, 1.54) is 12.8 Å². The SMILES string of the molecule is CCCN(C1CC1)C(CN)c1c(C)nn(C)c1OC. The predicted molar refractivity (Wildman–Crippen MR) is 76.3 cm³/mol. The lowest BCUT2D eigenvalue weighted by Crippen LogP contribution is -2.36. The van der Waals surface area contributed by atoms with Crippen molar-refractivity contribution in [2.45, 2.75) is 45.2 Å². The second-order valence-corrected chi connectivity index (χ2v) is 5.35. The average Bonchev–Trinajstić information content (AvgIpc) is 3.17. The monoisotopic (exact) mass is 266 g/mol. The summed E-state index contributed by atoms with van der Waals surface area (Å²) < 4.78 is 7.34. The summed E-state index contributed by atoms with van der Waals surface area (Å²) in [7, 11) is 3.62. The summed E-state index contributed by atoms with van der Waals surface area (Å²) >= 11 is 0. The highest BCUT2D eigenvalue weighted by atomic mass is 16.5. The summed E-state index contributed by atoms with van der Waals surface area (Å²) in [5.41, 5.74) is 8.25. The molecule has 0 aliphatic heterocycles. The minimum atomic E-state index is 0.219. The molecule has 5 nitrogen and oxygen atoms in total. The van der Waals surface area contributed by atoms with Crippen molar-refractivity contribution in [3.05, 3.63) is 11.3 Å². The maximum Gasteiger partial charge on any atom is 0.216 e. The maximum atomic E-state index is 6.07. The molecule has 1 heterocycles. The number of methoxy groups -OCH3 is 1. The van der Waals surface area contributed by atoms with E-state index in [4.69, 9.17) is 10.5 Å². The highest BCUT2D eigenvalue weighted by Crippen LogP contribution is 2.38. The smallest absolute Gasteiger partial charge is 0.216 e.